The number of fused-ring (bicyclic) bond motifs is 3. The van der Waals surface area contributed by atoms with Gasteiger partial charge in [0.1, 0.15) is 0 Å². The number of hydrogen-bond acceptors (Lipinski definition) is 3. The first-order chi connectivity index (χ1) is 7.18. The zero-order chi connectivity index (χ0) is 10.6. The van der Waals surface area contributed by atoms with E-state index >= 15 is 0 Å². The summed E-state index contributed by atoms with van der Waals surface area (Å²) in [4.78, 5) is 25.4. The van der Waals surface area contributed by atoms with Crippen LogP contribution in [0.15, 0.2) is 14.0 Å². The fraction of sp³-hybridized carbons (Fsp3) is 0.400. The van der Waals surface area contributed by atoms with Crippen LogP contribution < -0.4 is 11.3 Å². The van der Waals surface area contributed by atoms with E-state index in [2.05, 4.69) is 4.98 Å². The molecule has 0 bridgehead atoms. The van der Waals surface area contributed by atoms with Crippen molar-refractivity contribution in [2.24, 2.45) is 7.05 Å². The van der Waals surface area contributed by atoms with Crippen LogP contribution in [-0.2, 0) is 19.9 Å². The molecule has 0 aliphatic heterocycles. The van der Waals surface area contributed by atoms with Crippen molar-refractivity contribution in [3.05, 3.63) is 32.2 Å². The van der Waals surface area contributed by atoms with Gasteiger partial charge in [0, 0.05) is 18.3 Å². The average molecular weight is 206 g/mol. The molecule has 0 radical (unpaired) electrons. The van der Waals surface area contributed by atoms with Crippen LogP contribution in [0.1, 0.15) is 17.7 Å². The van der Waals surface area contributed by atoms with Crippen LogP contribution in [0.4, 0.5) is 0 Å². The second-order valence-electron chi connectivity index (χ2n) is 3.86. The van der Waals surface area contributed by atoms with Crippen molar-refractivity contribution in [1.82, 2.24) is 9.55 Å². The van der Waals surface area contributed by atoms with Crippen molar-refractivity contribution in [3.63, 3.8) is 0 Å². The minimum Gasteiger partial charge on any atom is -0.407 e. The number of rotatable bonds is 0. The normalized spacial score (nSPS) is 14.7. The van der Waals surface area contributed by atoms with E-state index in [1.807, 2.05) is 0 Å². The molecule has 2 aromatic rings. The van der Waals surface area contributed by atoms with Gasteiger partial charge in [-0.15, -0.1) is 0 Å². The lowest BCUT2D eigenvalue weighted by atomic mass is 10.2. The summed E-state index contributed by atoms with van der Waals surface area (Å²) in [6, 6.07) is 0. The molecule has 0 unspecified atom stereocenters. The summed E-state index contributed by atoms with van der Waals surface area (Å²) >= 11 is 0. The Kier molecular flexibility index (Phi) is 1.49. The molecule has 0 saturated heterocycles. The van der Waals surface area contributed by atoms with Gasteiger partial charge in [0.2, 0.25) is 0 Å². The van der Waals surface area contributed by atoms with Gasteiger partial charge in [-0.1, -0.05) is 0 Å². The van der Waals surface area contributed by atoms with Crippen LogP contribution in [0, 0.1) is 0 Å². The number of pyridine rings is 1. The minimum atomic E-state index is -0.553. The quantitative estimate of drug-likeness (QED) is 0.674. The van der Waals surface area contributed by atoms with Crippen molar-refractivity contribution in [2.45, 2.75) is 19.3 Å². The van der Waals surface area contributed by atoms with Gasteiger partial charge in [-0.25, -0.2) is 4.79 Å². The molecule has 1 N–H and O–H groups in total. The second kappa shape index (κ2) is 2.62. The highest BCUT2D eigenvalue weighted by atomic mass is 16.4. The SMILES string of the molecule is Cn1c2c(c3oc(=O)[nH]c3c1=O)CCC2. The zero-order valence-corrected chi connectivity index (χ0v) is 8.29. The molecule has 3 rings (SSSR count). The Bertz CT molecular complexity index is 660. The molecule has 0 fully saturated rings. The van der Waals surface area contributed by atoms with Crippen LogP contribution in [-0.4, -0.2) is 9.55 Å². The molecule has 5 heteroatoms. The van der Waals surface area contributed by atoms with Crippen LogP contribution in [0.5, 0.6) is 0 Å². The molecule has 1 aliphatic carbocycles. The number of aromatic nitrogens is 2. The van der Waals surface area contributed by atoms with E-state index in [9.17, 15) is 9.59 Å². The Labute approximate surface area is 84.3 Å². The highest BCUT2D eigenvalue weighted by molar-refractivity contribution is 5.76. The molecule has 0 saturated carbocycles. The van der Waals surface area contributed by atoms with Crippen LogP contribution in [0.3, 0.4) is 0 Å². The monoisotopic (exact) mass is 206 g/mol. The number of aryl methyl sites for hydroxylation is 1. The lowest BCUT2D eigenvalue weighted by Gasteiger charge is -2.05. The lowest BCUT2D eigenvalue weighted by molar-refractivity contribution is 0.551. The fourth-order valence-electron chi connectivity index (χ4n) is 2.32. The Morgan fingerprint density at radius 2 is 2.13 bits per heavy atom. The Balaban J connectivity index is 2.62. The molecule has 0 aromatic carbocycles. The summed E-state index contributed by atoms with van der Waals surface area (Å²) in [5, 5.41) is 0. The summed E-state index contributed by atoms with van der Waals surface area (Å²) in [5.74, 6) is -0.553. The number of oxazole rings is 1. The Morgan fingerprint density at radius 3 is 2.93 bits per heavy atom. The molecule has 0 amide bonds. The first kappa shape index (κ1) is 8.52. The van der Waals surface area contributed by atoms with Crippen molar-refractivity contribution >= 4 is 11.1 Å². The lowest BCUT2D eigenvalue weighted by Crippen LogP contribution is -2.21. The van der Waals surface area contributed by atoms with Gasteiger partial charge in [0.15, 0.2) is 11.1 Å². The van der Waals surface area contributed by atoms with Crippen molar-refractivity contribution < 1.29 is 4.42 Å². The molecule has 2 heterocycles. The van der Waals surface area contributed by atoms with Gasteiger partial charge >= 0.3 is 5.76 Å². The molecule has 5 nitrogen and oxygen atoms in total. The maximum atomic E-state index is 11.8. The number of H-pyrrole nitrogens is 1. The molecule has 0 atom stereocenters. The number of aromatic amines is 1. The van der Waals surface area contributed by atoms with Crippen LogP contribution in [0.25, 0.3) is 11.1 Å². The molecule has 15 heavy (non-hydrogen) atoms. The summed E-state index contributed by atoms with van der Waals surface area (Å²) in [5.41, 5.74) is 2.57. The molecular weight excluding hydrogens is 196 g/mol. The van der Waals surface area contributed by atoms with Crippen LogP contribution in [0.2, 0.25) is 0 Å². The highest BCUT2D eigenvalue weighted by Crippen LogP contribution is 2.25. The number of nitrogens with zero attached hydrogens (tertiary/aromatic N) is 1. The van der Waals surface area contributed by atoms with Gasteiger partial charge < -0.3 is 8.98 Å². The van der Waals surface area contributed by atoms with Gasteiger partial charge in [-0.3, -0.25) is 9.78 Å². The van der Waals surface area contributed by atoms with Crippen molar-refractivity contribution in [1.29, 1.82) is 0 Å². The smallest absolute Gasteiger partial charge is 0.407 e. The van der Waals surface area contributed by atoms with Gasteiger partial charge in [0.25, 0.3) is 5.56 Å². The van der Waals surface area contributed by atoms with E-state index in [-0.39, 0.29) is 5.56 Å². The summed E-state index contributed by atoms with van der Waals surface area (Å²) in [6.07, 6.45) is 2.77. The van der Waals surface area contributed by atoms with E-state index in [0.29, 0.717) is 11.1 Å². The highest BCUT2D eigenvalue weighted by Gasteiger charge is 2.22. The molecule has 1 aliphatic rings. The predicted octanol–water partition coefficient (Wildman–Crippen LogP) is 0.308. The Morgan fingerprint density at radius 1 is 1.33 bits per heavy atom. The zero-order valence-electron chi connectivity index (χ0n) is 8.29. The van der Waals surface area contributed by atoms with Gasteiger partial charge in [-0.2, -0.15) is 0 Å². The van der Waals surface area contributed by atoms with E-state index < -0.39 is 5.76 Å². The minimum absolute atomic E-state index is 0.184. The van der Waals surface area contributed by atoms with Crippen molar-refractivity contribution in [3.8, 4) is 0 Å². The first-order valence-electron chi connectivity index (χ1n) is 4.92. The van der Waals surface area contributed by atoms with Crippen LogP contribution >= 0.6 is 0 Å². The van der Waals surface area contributed by atoms with E-state index in [4.69, 9.17) is 4.42 Å². The second-order valence-corrected chi connectivity index (χ2v) is 3.86. The molecule has 78 valence electrons. The number of hydrogen-bond donors (Lipinski definition) is 1. The topological polar surface area (TPSA) is 68.0 Å². The largest absolute Gasteiger partial charge is 0.417 e. The summed E-state index contributed by atoms with van der Waals surface area (Å²) in [7, 11) is 1.73. The predicted molar refractivity (Wildman–Crippen MR) is 54.1 cm³/mol. The fourth-order valence-corrected chi connectivity index (χ4v) is 2.32. The van der Waals surface area contributed by atoms with Gasteiger partial charge in [0.05, 0.1) is 0 Å². The van der Waals surface area contributed by atoms with E-state index in [0.717, 1.165) is 30.5 Å². The summed E-state index contributed by atoms with van der Waals surface area (Å²) in [6.45, 7) is 0. The van der Waals surface area contributed by atoms with Gasteiger partial charge in [-0.05, 0) is 19.3 Å². The van der Waals surface area contributed by atoms with Crippen molar-refractivity contribution in [2.75, 3.05) is 0 Å². The van der Waals surface area contributed by atoms with E-state index in [1.54, 1.807) is 11.6 Å². The average Bonchev–Trinajstić information content (AvgIpc) is 2.79. The molecule has 0 spiro atoms. The summed E-state index contributed by atoms with van der Waals surface area (Å²) < 4.78 is 6.63. The maximum Gasteiger partial charge on any atom is 0.417 e. The Hall–Kier alpha value is -1.78. The van der Waals surface area contributed by atoms with E-state index in [1.165, 1.54) is 0 Å². The number of nitrogens with one attached hydrogen (secondary N) is 1. The third kappa shape index (κ3) is 0.973. The molecule has 2 aromatic heterocycles. The third-order valence-electron chi connectivity index (χ3n) is 3.04. The maximum absolute atomic E-state index is 11.8. The molecular formula is C10H10N2O3. The third-order valence-corrected chi connectivity index (χ3v) is 3.04. The standard InChI is InChI=1S/C10H10N2O3/c1-12-6-4-2-3-5(6)8-7(9(12)13)11-10(14)15-8/h2-4H2,1H3,(H,11,14). The first-order valence-corrected chi connectivity index (χ1v) is 4.92.